The van der Waals surface area contributed by atoms with E-state index in [0.717, 1.165) is 28.2 Å². The van der Waals surface area contributed by atoms with Crippen molar-refractivity contribution in [2.75, 3.05) is 0 Å². The summed E-state index contributed by atoms with van der Waals surface area (Å²) in [6.07, 6.45) is 1.71. The summed E-state index contributed by atoms with van der Waals surface area (Å²) >= 11 is 5.12. The van der Waals surface area contributed by atoms with Gasteiger partial charge in [-0.25, -0.2) is 4.98 Å². The van der Waals surface area contributed by atoms with Crippen molar-refractivity contribution in [3.8, 4) is 5.82 Å². The number of hydrogen-bond acceptors (Lipinski definition) is 4. The molecule has 0 unspecified atom stereocenters. The summed E-state index contributed by atoms with van der Waals surface area (Å²) in [4.78, 5) is 4.58. The maximum absolute atomic E-state index is 5.81. The molecule has 0 saturated carbocycles. The van der Waals surface area contributed by atoms with E-state index in [0.29, 0.717) is 10.8 Å². The predicted molar refractivity (Wildman–Crippen MR) is 74.0 cm³/mol. The summed E-state index contributed by atoms with van der Waals surface area (Å²) in [6.45, 7) is 7.75. The second-order valence-corrected chi connectivity index (χ2v) is 4.70. The zero-order chi connectivity index (χ0) is 13.4. The van der Waals surface area contributed by atoms with Crippen LogP contribution in [0.2, 0.25) is 0 Å². The summed E-state index contributed by atoms with van der Waals surface area (Å²) < 4.78 is 1.86. The van der Waals surface area contributed by atoms with Gasteiger partial charge in [-0.15, -0.1) is 5.10 Å². The van der Waals surface area contributed by atoms with E-state index in [1.54, 1.807) is 6.33 Å². The minimum Gasteiger partial charge on any atom is -0.389 e. The number of aromatic nitrogens is 4. The van der Waals surface area contributed by atoms with Crippen LogP contribution in [-0.2, 0) is 0 Å². The maximum Gasteiger partial charge on any atom is 0.171 e. The number of imidazole rings is 1. The van der Waals surface area contributed by atoms with Crippen LogP contribution in [0, 0.1) is 27.7 Å². The fourth-order valence-corrected chi connectivity index (χ4v) is 2.02. The average molecular weight is 261 g/mol. The molecule has 6 heteroatoms. The highest BCUT2D eigenvalue weighted by molar-refractivity contribution is 7.80. The highest BCUT2D eigenvalue weighted by atomic mass is 32.1. The average Bonchev–Trinajstić information content (AvgIpc) is 2.63. The molecular formula is C12H15N5S. The number of thiocarbonyl (C=S) groups is 1. The Balaban J connectivity index is 2.76. The zero-order valence-corrected chi connectivity index (χ0v) is 11.7. The van der Waals surface area contributed by atoms with Gasteiger partial charge in [-0.2, -0.15) is 5.10 Å². The molecule has 0 aliphatic carbocycles. The van der Waals surface area contributed by atoms with Crippen LogP contribution in [0.1, 0.15) is 28.2 Å². The topological polar surface area (TPSA) is 69.6 Å². The first kappa shape index (κ1) is 12.6. The Morgan fingerprint density at radius 3 is 2.33 bits per heavy atom. The first-order valence-corrected chi connectivity index (χ1v) is 5.99. The van der Waals surface area contributed by atoms with E-state index in [-0.39, 0.29) is 0 Å². The van der Waals surface area contributed by atoms with Crippen LogP contribution in [0.25, 0.3) is 5.82 Å². The van der Waals surface area contributed by atoms with Gasteiger partial charge >= 0.3 is 0 Å². The zero-order valence-electron chi connectivity index (χ0n) is 10.9. The van der Waals surface area contributed by atoms with Crippen LogP contribution < -0.4 is 5.73 Å². The molecule has 0 bridgehead atoms. The predicted octanol–water partition coefficient (Wildman–Crippen LogP) is 1.53. The fraction of sp³-hybridized carbons (Fsp3) is 0.333. The quantitative estimate of drug-likeness (QED) is 0.830. The van der Waals surface area contributed by atoms with Gasteiger partial charge < -0.3 is 5.73 Å². The van der Waals surface area contributed by atoms with Gasteiger partial charge in [0.2, 0.25) is 0 Å². The molecule has 2 rings (SSSR count). The molecule has 0 atom stereocenters. The normalized spacial score (nSPS) is 10.7. The Labute approximate surface area is 111 Å². The fourth-order valence-electron chi connectivity index (χ4n) is 1.77. The molecule has 2 heterocycles. The summed E-state index contributed by atoms with van der Waals surface area (Å²) in [5.74, 6) is 0.642. The summed E-state index contributed by atoms with van der Waals surface area (Å²) in [5, 5.41) is 8.34. The van der Waals surface area contributed by atoms with Crippen molar-refractivity contribution in [1.29, 1.82) is 0 Å². The van der Waals surface area contributed by atoms with Gasteiger partial charge in [0.05, 0.1) is 17.0 Å². The van der Waals surface area contributed by atoms with Gasteiger partial charge in [-0.3, -0.25) is 4.57 Å². The molecule has 94 valence electrons. The smallest absolute Gasteiger partial charge is 0.171 e. The monoisotopic (exact) mass is 261 g/mol. The van der Waals surface area contributed by atoms with Crippen molar-refractivity contribution in [3.63, 3.8) is 0 Å². The summed E-state index contributed by atoms with van der Waals surface area (Å²) in [6, 6.07) is 0. The van der Waals surface area contributed by atoms with E-state index in [2.05, 4.69) is 15.2 Å². The molecule has 0 radical (unpaired) electrons. The van der Waals surface area contributed by atoms with Crippen molar-refractivity contribution in [2.45, 2.75) is 27.7 Å². The van der Waals surface area contributed by atoms with E-state index in [1.807, 2.05) is 32.3 Å². The van der Waals surface area contributed by atoms with Gasteiger partial charge in [0.1, 0.15) is 11.3 Å². The molecule has 0 aliphatic rings. The molecule has 5 nitrogen and oxygen atoms in total. The Morgan fingerprint density at radius 2 is 1.83 bits per heavy atom. The minimum atomic E-state index is 0.325. The molecule has 2 N–H and O–H groups in total. The van der Waals surface area contributed by atoms with Crippen molar-refractivity contribution < 1.29 is 0 Å². The largest absolute Gasteiger partial charge is 0.389 e. The van der Waals surface area contributed by atoms with Crippen molar-refractivity contribution in [1.82, 2.24) is 19.7 Å². The van der Waals surface area contributed by atoms with Crippen molar-refractivity contribution >= 4 is 17.2 Å². The van der Waals surface area contributed by atoms with Crippen LogP contribution in [0.3, 0.4) is 0 Å². The first-order chi connectivity index (χ1) is 8.43. The highest BCUT2D eigenvalue weighted by Crippen LogP contribution is 2.20. The summed E-state index contributed by atoms with van der Waals surface area (Å²) in [5.41, 5.74) is 10.3. The van der Waals surface area contributed by atoms with Gasteiger partial charge in [0.15, 0.2) is 5.82 Å². The SMILES string of the molecule is Cc1nnc(-n2cnc(C)c2C)c(C(N)=S)c1C. The van der Waals surface area contributed by atoms with E-state index in [9.17, 15) is 0 Å². The third kappa shape index (κ3) is 1.88. The third-order valence-corrected chi connectivity index (χ3v) is 3.37. The Kier molecular flexibility index (Phi) is 3.13. The van der Waals surface area contributed by atoms with Crippen LogP contribution in [-0.4, -0.2) is 24.7 Å². The maximum atomic E-state index is 5.81. The van der Waals surface area contributed by atoms with E-state index < -0.39 is 0 Å². The van der Waals surface area contributed by atoms with Crippen molar-refractivity contribution in [3.05, 3.63) is 34.5 Å². The van der Waals surface area contributed by atoms with E-state index in [1.165, 1.54) is 0 Å². The standard InChI is InChI=1S/C12H15N5S/c1-6-7(2)15-16-12(10(6)11(13)18)17-5-14-8(3)9(17)4/h5H,1-4H3,(H2,13,18). The van der Waals surface area contributed by atoms with Crippen LogP contribution in [0.15, 0.2) is 6.33 Å². The molecule has 0 aliphatic heterocycles. The van der Waals surface area contributed by atoms with Gasteiger partial charge in [-0.05, 0) is 33.3 Å². The Hall–Kier alpha value is -1.82. The molecule has 0 fully saturated rings. The van der Waals surface area contributed by atoms with Gasteiger partial charge in [-0.1, -0.05) is 12.2 Å². The number of rotatable bonds is 2. The Bertz CT molecular complexity index is 630. The second-order valence-electron chi connectivity index (χ2n) is 4.26. The number of nitrogens with two attached hydrogens (primary N) is 1. The van der Waals surface area contributed by atoms with Gasteiger partial charge in [0, 0.05) is 5.69 Å². The minimum absolute atomic E-state index is 0.325. The lowest BCUT2D eigenvalue weighted by molar-refractivity contribution is 0.859. The molecule has 18 heavy (non-hydrogen) atoms. The molecule has 0 spiro atoms. The van der Waals surface area contributed by atoms with Crippen LogP contribution in [0.4, 0.5) is 0 Å². The number of nitrogens with zero attached hydrogens (tertiary/aromatic N) is 4. The molecule has 0 aromatic carbocycles. The number of aryl methyl sites for hydroxylation is 2. The summed E-state index contributed by atoms with van der Waals surface area (Å²) in [7, 11) is 0. The van der Waals surface area contributed by atoms with Crippen LogP contribution >= 0.6 is 12.2 Å². The highest BCUT2D eigenvalue weighted by Gasteiger charge is 2.17. The lowest BCUT2D eigenvalue weighted by atomic mass is 10.1. The molecular weight excluding hydrogens is 246 g/mol. The molecule has 0 saturated heterocycles. The lowest BCUT2D eigenvalue weighted by Crippen LogP contribution is -2.18. The second kappa shape index (κ2) is 4.45. The van der Waals surface area contributed by atoms with Gasteiger partial charge in [0.25, 0.3) is 0 Å². The Morgan fingerprint density at radius 1 is 1.17 bits per heavy atom. The number of hydrogen-bond donors (Lipinski definition) is 1. The van der Waals surface area contributed by atoms with E-state index in [4.69, 9.17) is 18.0 Å². The molecule has 2 aromatic heterocycles. The first-order valence-electron chi connectivity index (χ1n) is 5.58. The molecule has 2 aromatic rings. The molecule has 0 amide bonds. The van der Waals surface area contributed by atoms with E-state index >= 15 is 0 Å². The van der Waals surface area contributed by atoms with Crippen LogP contribution in [0.5, 0.6) is 0 Å². The lowest BCUT2D eigenvalue weighted by Gasteiger charge is -2.13. The third-order valence-electron chi connectivity index (χ3n) is 3.16. The van der Waals surface area contributed by atoms with Crippen molar-refractivity contribution in [2.24, 2.45) is 5.73 Å².